The summed E-state index contributed by atoms with van der Waals surface area (Å²) in [5, 5.41) is 13.1. The Bertz CT molecular complexity index is 740. The van der Waals surface area contributed by atoms with Crippen molar-refractivity contribution in [1.29, 1.82) is 0 Å². The van der Waals surface area contributed by atoms with Crippen molar-refractivity contribution in [1.82, 2.24) is 9.78 Å². The molecule has 0 unspecified atom stereocenters. The van der Waals surface area contributed by atoms with E-state index in [-0.39, 0.29) is 11.5 Å². The van der Waals surface area contributed by atoms with Crippen LogP contribution in [0.1, 0.15) is 11.1 Å². The summed E-state index contributed by atoms with van der Waals surface area (Å²) in [5.74, 6) is 0. The SMILES string of the molecule is Cc1c(Br)cc(CO)cc1S(=O)(=O)Nc1cnn(C)c1. The van der Waals surface area contributed by atoms with Crippen molar-refractivity contribution >= 4 is 31.6 Å². The van der Waals surface area contributed by atoms with Crippen molar-refractivity contribution in [2.75, 3.05) is 4.72 Å². The Morgan fingerprint density at radius 2 is 2.15 bits per heavy atom. The topological polar surface area (TPSA) is 84.2 Å². The summed E-state index contributed by atoms with van der Waals surface area (Å²) in [7, 11) is -2.03. The molecule has 1 aromatic carbocycles. The second-order valence-corrected chi connectivity index (χ2v) is 6.87. The van der Waals surface area contributed by atoms with Crippen LogP contribution < -0.4 is 4.72 Å². The number of sulfonamides is 1. The average Bonchev–Trinajstić information content (AvgIpc) is 2.76. The Balaban J connectivity index is 2.46. The van der Waals surface area contributed by atoms with Crippen LogP contribution in [0.4, 0.5) is 5.69 Å². The van der Waals surface area contributed by atoms with Crippen LogP contribution in [0.5, 0.6) is 0 Å². The van der Waals surface area contributed by atoms with E-state index in [1.165, 1.54) is 16.9 Å². The van der Waals surface area contributed by atoms with Crippen LogP contribution in [-0.2, 0) is 23.7 Å². The molecule has 20 heavy (non-hydrogen) atoms. The monoisotopic (exact) mass is 359 g/mol. The van der Waals surface area contributed by atoms with E-state index in [1.54, 1.807) is 26.2 Å². The number of anilines is 1. The molecule has 1 aromatic heterocycles. The van der Waals surface area contributed by atoms with Crippen LogP contribution in [0.2, 0.25) is 0 Å². The van der Waals surface area contributed by atoms with Gasteiger partial charge in [0, 0.05) is 17.7 Å². The molecule has 108 valence electrons. The summed E-state index contributed by atoms with van der Waals surface area (Å²) in [6, 6.07) is 3.15. The average molecular weight is 360 g/mol. The molecule has 8 heteroatoms. The molecule has 0 aliphatic carbocycles. The van der Waals surface area contributed by atoms with Gasteiger partial charge in [-0.3, -0.25) is 9.40 Å². The number of halogens is 1. The predicted octanol–water partition coefficient (Wildman–Crippen LogP) is 1.78. The number of hydrogen-bond acceptors (Lipinski definition) is 4. The van der Waals surface area contributed by atoms with Gasteiger partial charge >= 0.3 is 0 Å². The standard InChI is InChI=1S/C12H14BrN3O3S/c1-8-11(13)3-9(7-17)4-12(8)20(18,19)15-10-5-14-16(2)6-10/h3-6,15,17H,7H2,1-2H3. The van der Waals surface area contributed by atoms with Crippen molar-refractivity contribution in [2.24, 2.45) is 7.05 Å². The molecule has 0 aliphatic rings. The molecule has 0 atom stereocenters. The maximum absolute atomic E-state index is 12.4. The van der Waals surface area contributed by atoms with Gasteiger partial charge in [-0.15, -0.1) is 0 Å². The number of aliphatic hydroxyl groups is 1. The summed E-state index contributed by atoms with van der Waals surface area (Å²) >= 11 is 3.30. The first-order valence-corrected chi connectivity index (χ1v) is 8.02. The van der Waals surface area contributed by atoms with E-state index in [9.17, 15) is 13.5 Å². The number of nitrogens with zero attached hydrogens (tertiary/aromatic N) is 2. The second kappa shape index (κ2) is 5.55. The van der Waals surface area contributed by atoms with Gasteiger partial charge in [-0.05, 0) is 30.2 Å². The molecule has 2 rings (SSSR count). The molecule has 6 nitrogen and oxygen atoms in total. The fourth-order valence-corrected chi connectivity index (χ4v) is 3.75. The molecule has 1 heterocycles. The van der Waals surface area contributed by atoms with Crippen molar-refractivity contribution in [3.8, 4) is 0 Å². The molecular weight excluding hydrogens is 346 g/mol. The highest BCUT2D eigenvalue weighted by atomic mass is 79.9. The molecule has 0 saturated heterocycles. The fraction of sp³-hybridized carbons (Fsp3) is 0.250. The largest absolute Gasteiger partial charge is 0.392 e. The van der Waals surface area contributed by atoms with Crippen LogP contribution in [0.15, 0.2) is 33.9 Å². The number of hydrogen-bond donors (Lipinski definition) is 2. The van der Waals surface area contributed by atoms with Crippen LogP contribution in [0, 0.1) is 6.92 Å². The molecule has 2 aromatic rings. The zero-order chi connectivity index (χ0) is 14.9. The minimum Gasteiger partial charge on any atom is -0.392 e. The third-order valence-corrected chi connectivity index (χ3v) is 5.12. The lowest BCUT2D eigenvalue weighted by Gasteiger charge is -2.12. The third kappa shape index (κ3) is 3.02. The van der Waals surface area contributed by atoms with Gasteiger partial charge in [-0.2, -0.15) is 5.10 Å². The Kier molecular flexibility index (Phi) is 4.17. The van der Waals surface area contributed by atoms with Crippen LogP contribution in [0.3, 0.4) is 0 Å². The summed E-state index contributed by atoms with van der Waals surface area (Å²) in [6.07, 6.45) is 3.00. The molecule has 0 radical (unpaired) electrons. The van der Waals surface area contributed by atoms with E-state index in [2.05, 4.69) is 25.8 Å². The minimum absolute atomic E-state index is 0.125. The van der Waals surface area contributed by atoms with E-state index >= 15 is 0 Å². The first-order chi connectivity index (χ1) is 9.33. The lowest BCUT2D eigenvalue weighted by Crippen LogP contribution is -2.14. The quantitative estimate of drug-likeness (QED) is 0.871. The zero-order valence-electron chi connectivity index (χ0n) is 11.0. The summed E-state index contributed by atoms with van der Waals surface area (Å²) in [5.41, 5.74) is 1.49. The van der Waals surface area contributed by atoms with Crippen LogP contribution >= 0.6 is 15.9 Å². The Morgan fingerprint density at radius 3 is 2.70 bits per heavy atom. The lowest BCUT2D eigenvalue weighted by atomic mass is 10.2. The lowest BCUT2D eigenvalue weighted by molar-refractivity contribution is 0.281. The molecule has 2 N–H and O–H groups in total. The van der Waals surface area contributed by atoms with E-state index in [0.717, 1.165) is 0 Å². The maximum Gasteiger partial charge on any atom is 0.262 e. The van der Waals surface area contributed by atoms with Crippen LogP contribution in [0.25, 0.3) is 0 Å². The molecule has 0 spiro atoms. The molecule has 0 fully saturated rings. The normalized spacial score (nSPS) is 11.6. The van der Waals surface area contributed by atoms with Crippen molar-refractivity contribution in [2.45, 2.75) is 18.4 Å². The number of aryl methyl sites for hydroxylation is 1. The first-order valence-electron chi connectivity index (χ1n) is 5.75. The van der Waals surface area contributed by atoms with E-state index in [1.807, 2.05) is 0 Å². The third-order valence-electron chi connectivity index (χ3n) is 2.79. The summed E-state index contributed by atoms with van der Waals surface area (Å²) < 4.78 is 29.4. The minimum atomic E-state index is -3.73. The first kappa shape index (κ1) is 15.0. The zero-order valence-corrected chi connectivity index (χ0v) is 13.4. The summed E-state index contributed by atoms with van der Waals surface area (Å²) in [4.78, 5) is 0.125. The molecule has 0 aliphatic heterocycles. The van der Waals surface area contributed by atoms with Gasteiger partial charge in [0.1, 0.15) is 0 Å². The fourth-order valence-electron chi connectivity index (χ4n) is 1.76. The maximum atomic E-state index is 12.4. The number of aromatic nitrogens is 2. The van der Waals surface area contributed by atoms with Crippen LogP contribution in [-0.4, -0.2) is 23.3 Å². The Morgan fingerprint density at radius 1 is 1.45 bits per heavy atom. The van der Waals surface area contributed by atoms with E-state index in [4.69, 9.17) is 0 Å². The highest BCUT2D eigenvalue weighted by molar-refractivity contribution is 9.10. The van der Waals surface area contributed by atoms with Gasteiger partial charge in [0.05, 0.1) is 23.4 Å². The highest BCUT2D eigenvalue weighted by Gasteiger charge is 2.20. The van der Waals surface area contributed by atoms with Gasteiger partial charge in [-0.1, -0.05) is 15.9 Å². The second-order valence-electron chi connectivity index (χ2n) is 4.37. The predicted molar refractivity (Wildman–Crippen MR) is 78.8 cm³/mol. The molecule has 0 bridgehead atoms. The van der Waals surface area contributed by atoms with Gasteiger partial charge in [-0.25, -0.2) is 8.42 Å². The number of benzene rings is 1. The Labute approximate surface area is 125 Å². The molecule has 0 saturated carbocycles. The summed E-state index contributed by atoms with van der Waals surface area (Å²) in [6.45, 7) is 1.47. The van der Waals surface area contributed by atoms with Crippen molar-refractivity contribution in [3.05, 3.63) is 40.1 Å². The molecule has 0 amide bonds. The Hall–Kier alpha value is -1.38. The smallest absolute Gasteiger partial charge is 0.262 e. The van der Waals surface area contributed by atoms with Gasteiger partial charge in [0.2, 0.25) is 0 Å². The van der Waals surface area contributed by atoms with Gasteiger partial charge in [0.15, 0.2) is 0 Å². The number of rotatable bonds is 4. The van der Waals surface area contributed by atoms with Crippen molar-refractivity contribution < 1.29 is 13.5 Å². The van der Waals surface area contributed by atoms with Crippen molar-refractivity contribution in [3.63, 3.8) is 0 Å². The number of aliphatic hydroxyl groups excluding tert-OH is 1. The van der Waals surface area contributed by atoms with Gasteiger partial charge in [0.25, 0.3) is 10.0 Å². The van der Waals surface area contributed by atoms with Gasteiger partial charge < -0.3 is 5.11 Å². The van der Waals surface area contributed by atoms with E-state index < -0.39 is 10.0 Å². The van der Waals surface area contributed by atoms with E-state index in [0.29, 0.717) is 21.3 Å². The number of nitrogens with one attached hydrogen (secondary N) is 1. The highest BCUT2D eigenvalue weighted by Crippen LogP contribution is 2.27. The molecular formula is C12H14BrN3O3S.